The van der Waals surface area contributed by atoms with E-state index in [4.69, 9.17) is 4.74 Å². The Bertz CT molecular complexity index is 428. The third-order valence-electron chi connectivity index (χ3n) is 3.26. The summed E-state index contributed by atoms with van der Waals surface area (Å²) in [5.74, 6) is 0.638. The lowest BCUT2D eigenvalue weighted by molar-refractivity contribution is -0.884. The van der Waals surface area contributed by atoms with Crippen molar-refractivity contribution in [2.45, 2.75) is 6.92 Å². The van der Waals surface area contributed by atoms with Gasteiger partial charge in [-0.15, -0.1) is 0 Å². The van der Waals surface area contributed by atoms with Crippen molar-refractivity contribution >= 4 is 5.91 Å². The number of hydrogen-bond donors (Lipinski definition) is 2. The molecule has 0 bridgehead atoms. The molecular formula is C14H22N3O2+. The van der Waals surface area contributed by atoms with Crippen molar-refractivity contribution < 1.29 is 14.4 Å². The predicted octanol–water partition coefficient (Wildman–Crippen LogP) is -0.765. The van der Waals surface area contributed by atoms with Gasteiger partial charge in [0, 0.05) is 0 Å². The van der Waals surface area contributed by atoms with E-state index in [1.54, 1.807) is 0 Å². The van der Waals surface area contributed by atoms with Gasteiger partial charge >= 0.3 is 0 Å². The zero-order valence-electron chi connectivity index (χ0n) is 11.6. The van der Waals surface area contributed by atoms with Crippen LogP contribution in [0.3, 0.4) is 0 Å². The first-order valence-electron chi connectivity index (χ1n) is 6.69. The van der Waals surface area contributed by atoms with Crippen molar-refractivity contribution in [3.8, 4) is 5.75 Å². The van der Waals surface area contributed by atoms with Crippen LogP contribution in [0.5, 0.6) is 5.75 Å². The number of aryl methyl sites for hydroxylation is 1. The molecule has 104 valence electrons. The standard InChI is InChI=1S/C14H21N3O2/c1-12-4-3-5-13(10-12)19-11-14(18)15-17-8-6-16(2)7-9-17/h3-5,10H,6-9,11H2,1-2H3,(H,15,18)/p+1. The number of benzene rings is 1. The Balaban J connectivity index is 1.73. The molecule has 0 spiro atoms. The van der Waals surface area contributed by atoms with E-state index < -0.39 is 0 Å². The highest BCUT2D eigenvalue weighted by molar-refractivity contribution is 5.77. The van der Waals surface area contributed by atoms with Crippen LogP contribution in [0.25, 0.3) is 0 Å². The van der Waals surface area contributed by atoms with Crippen LogP contribution >= 0.6 is 0 Å². The largest absolute Gasteiger partial charge is 0.484 e. The monoisotopic (exact) mass is 264 g/mol. The van der Waals surface area contributed by atoms with Crippen LogP contribution in [0, 0.1) is 6.92 Å². The molecule has 1 aromatic carbocycles. The molecule has 1 aliphatic heterocycles. The molecule has 2 N–H and O–H groups in total. The SMILES string of the molecule is Cc1cccc(OCC(=O)NN2CC[NH+](C)CC2)c1. The molecule has 2 rings (SSSR count). The number of hydrazine groups is 1. The van der Waals surface area contributed by atoms with E-state index in [2.05, 4.69) is 12.5 Å². The number of amides is 1. The van der Waals surface area contributed by atoms with E-state index in [1.165, 1.54) is 4.90 Å². The summed E-state index contributed by atoms with van der Waals surface area (Å²) in [7, 11) is 2.17. The lowest BCUT2D eigenvalue weighted by atomic mass is 10.2. The molecule has 1 heterocycles. The number of ether oxygens (including phenoxy) is 1. The summed E-state index contributed by atoms with van der Waals surface area (Å²) in [6.07, 6.45) is 0. The maximum Gasteiger partial charge on any atom is 0.272 e. The van der Waals surface area contributed by atoms with Gasteiger partial charge in [0.2, 0.25) is 0 Å². The minimum absolute atomic E-state index is 0.0582. The van der Waals surface area contributed by atoms with Crippen molar-refractivity contribution in [2.24, 2.45) is 0 Å². The topological polar surface area (TPSA) is 46.0 Å². The molecule has 19 heavy (non-hydrogen) atoms. The van der Waals surface area contributed by atoms with Crippen molar-refractivity contribution in [1.29, 1.82) is 0 Å². The van der Waals surface area contributed by atoms with E-state index >= 15 is 0 Å². The van der Waals surface area contributed by atoms with E-state index in [9.17, 15) is 4.79 Å². The molecule has 1 aromatic rings. The third-order valence-corrected chi connectivity index (χ3v) is 3.26. The third kappa shape index (κ3) is 4.54. The summed E-state index contributed by atoms with van der Waals surface area (Å²) in [5, 5.41) is 1.97. The van der Waals surface area contributed by atoms with Gasteiger partial charge in [-0.3, -0.25) is 10.2 Å². The normalized spacial score (nSPS) is 17.2. The fourth-order valence-electron chi connectivity index (χ4n) is 2.06. The Morgan fingerprint density at radius 3 is 2.84 bits per heavy atom. The van der Waals surface area contributed by atoms with Crippen molar-refractivity contribution in [3.05, 3.63) is 29.8 Å². The Kier molecular flexibility index (Phi) is 4.76. The maximum absolute atomic E-state index is 11.8. The summed E-state index contributed by atoms with van der Waals surface area (Å²) in [4.78, 5) is 13.3. The number of hydrogen-bond acceptors (Lipinski definition) is 3. The maximum atomic E-state index is 11.8. The van der Waals surface area contributed by atoms with Crippen LogP contribution in [0.4, 0.5) is 0 Å². The quantitative estimate of drug-likeness (QED) is 0.751. The van der Waals surface area contributed by atoms with Gasteiger partial charge in [-0.25, -0.2) is 5.01 Å². The Labute approximate surface area is 114 Å². The second kappa shape index (κ2) is 6.54. The van der Waals surface area contributed by atoms with Crippen molar-refractivity contribution in [1.82, 2.24) is 10.4 Å². The predicted molar refractivity (Wildman–Crippen MR) is 73.0 cm³/mol. The number of nitrogens with zero attached hydrogens (tertiary/aromatic N) is 1. The summed E-state index contributed by atoms with van der Waals surface area (Å²) < 4.78 is 5.47. The molecule has 5 nitrogen and oxygen atoms in total. The summed E-state index contributed by atoms with van der Waals surface area (Å²) in [6, 6.07) is 7.71. The van der Waals surface area contributed by atoms with Gasteiger partial charge in [0.1, 0.15) is 5.75 Å². The molecule has 1 aliphatic rings. The van der Waals surface area contributed by atoms with Crippen LogP contribution in [0.15, 0.2) is 24.3 Å². The highest BCUT2D eigenvalue weighted by Gasteiger charge is 2.18. The van der Waals surface area contributed by atoms with Crippen LogP contribution in [-0.2, 0) is 4.79 Å². The summed E-state index contributed by atoms with van der Waals surface area (Å²) in [6.45, 7) is 5.95. The van der Waals surface area contributed by atoms with Gasteiger partial charge in [0.25, 0.3) is 5.91 Å². The first-order valence-corrected chi connectivity index (χ1v) is 6.69. The Morgan fingerprint density at radius 2 is 2.16 bits per heavy atom. The molecule has 0 unspecified atom stereocenters. The zero-order valence-corrected chi connectivity index (χ0v) is 11.6. The second-order valence-electron chi connectivity index (χ2n) is 5.08. The smallest absolute Gasteiger partial charge is 0.272 e. The van der Waals surface area contributed by atoms with E-state index in [0.29, 0.717) is 0 Å². The lowest BCUT2D eigenvalue weighted by Crippen LogP contribution is -3.12. The van der Waals surface area contributed by atoms with Gasteiger partial charge in [-0.1, -0.05) is 12.1 Å². The Morgan fingerprint density at radius 1 is 1.42 bits per heavy atom. The van der Waals surface area contributed by atoms with Gasteiger partial charge in [-0.2, -0.15) is 0 Å². The van der Waals surface area contributed by atoms with Crippen molar-refractivity contribution in [3.63, 3.8) is 0 Å². The van der Waals surface area contributed by atoms with Crippen LogP contribution in [0.2, 0.25) is 0 Å². The molecule has 1 fully saturated rings. The number of nitrogens with one attached hydrogen (secondary N) is 2. The summed E-state index contributed by atoms with van der Waals surface area (Å²) >= 11 is 0. The van der Waals surface area contributed by atoms with E-state index in [1.807, 2.05) is 36.2 Å². The summed E-state index contributed by atoms with van der Waals surface area (Å²) in [5.41, 5.74) is 4.01. The number of carbonyl (C=O) groups is 1. The van der Waals surface area contributed by atoms with Crippen LogP contribution < -0.4 is 15.1 Å². The number of rotatable bonds is 4. The highest BCUT2D eigenvalue weighted by atomic mass is 16.5. The molecule has 1 saturated heterocycles. The van der Waals surface area contributed by atoms with E-state index in [-0.39, 0.29) is 12.5 Å². The molecule has 0 atom stereocenters. The van der Waals surface area contributed by atoms with E-state index in [0.717, 1.165) is 37.5 Å². The van der Waals surface area contributed by atoms with Gasteiger partial charge in [0.15, 0.2) is 6.61 Å². The lowest BCUT2D eigenvalue weighted by Gasteiger charge is -2.29. The minimum atomic E-state index is -0.0962. The molecule has 0 aliphatic carbocycles. The van der Waals surface area contributed by atoms with Gasteiger partial charge in [0.05, 0.1) is 33.2 Å². The first kappa shape index (κ1) is 13.8. The molecule has 0 radical (unpaired) electrons. The number of carbonyl (C=O) groups excluding carboxylic acids is 1. The Hall–Kier alpha value is -1.59. The minimum Gasteiger partial charge on any atom is -0.484 e. The van der Waals surface area contributed by atoms with Crippen LogP contribution in [0.1, 0.15) is 5.56 Å². The number of quaternary nitrogens is 1. The molecular weight excluding hydrogens is 242 g/mol. The van der Waals surface area contributed by atoms with Crippen molar-refractivity contribution in [2.75, 3.05) is 39.8 Å². The molecule has 0 aromatic heterocycles. The average Bonchev–Trinajstić information content (AvgIpc) is 2.39. The van der Waals surface area contributed by atoms with Gasteiger partial charge < -0.3 is 9.64 Å². The van der Waals surface area contributed by atoms with Gasteiger partial charge in [-0.05, 0) is 24.6 Å². The fraction of sp³-hybridized carbons (Fsp3) is 0.500. The number of likely N-dealkylation sites (N-methyl/N-ethyl adjacent to an activating group) is 1. The van der Waals surface area contributed by atoms with Crippen LogP contribution in [-0.4, -0.2) is 50.7 Å². The second-order valence-corrected chi connectivity index (χ2v) is 5.08. The molecule has 0 saturated carbocycles. The molecule has 5 heteroatoms. The zero-order chi connectivity index (χ0) is 13.7. The number of piperazine rings is 1. The fourth-order valence-corrected chi connectivity index (χ4v) is 2.06. The first-order chi connectivity index (χ1) is 9.13. The average molecular weight is 264 g/mol. The molecule has 1 amide bonds. The highest BCUT2D eigenvalue weighted by Crippen LogP contribution is 2.11.